The summed E-state index contributed by atoms with van der Waals surface area (Å²) in [5.41, 5.74) is 3.28. The van der Waals surface area contributed by atoms with Gasteiger partial charge in [-0.05, 0) is 37.6 Å². The van der Waals surface area contributed by atoms with E-state index < -0.39 is 11.7 Å². The van der Waals surface area contributed by atoms with Gasteiger partial charge >= 0.3 is 6.18 Å². The molecule has 32 heavy (non-hydrogen) atoms. The van der Waals surface area contributed by atoms with Crippen LogP contribution in [0.25, 0.3) is 0 Å². The number of alkyl halides is 3. The maximum atomic E-state index is 13.0. The van der Waals surface area contributed by atoms with Crippen LogP contribution < -0.4 is 15.4 Å². The fraction of sp³-hybridized carbons (Fsp3) is 0.333. The van der Waals surface area contributed by atoms with Gasteiger partial charge in [-0.2, -0.15) is 13.2 Å². The fourth-order valence-electron chi connectivity index (χ4n) is 3.92. The van der Waals surface area contributed by atoms with E-state index in [1.54, 1.807) is 6.07 Å². The van der Waals surface area contributed by atoms with Gasteiger partial charge in [0.25, 0.3) is 5.56 Å². The summed E-state index contributed by atoms with van der Waals surface area (Å²) in [5.74, 6) is 0.504. The first kappa shape index (κ1) is 21.9. The summed E-state index contributed by atoms with van der Waals surface area (Å²) in [6.45, 7) is 6.03. The lowest BCUT2D eigenvalue weighted by Gasteiger charge is -2.36. The van der Waals surface area contributed by atoms with Crippen molar-refractivity contribution in [2.24, 2.45) is 0 Å². The van der Waals surface area contributed by atoms with Crippen molar-refractivity contribution in [2.75, 3.05) is 36.0 Å². The van der Waals surface area contributed by atoms with Crippen molar-refractivity contribution in [1.29, 1.82) is 0 Å². The summed E-state index contributed by atoms with van der Waals surface area (Å²) in [6, 6.07) is 13.4. The maximum absolute atomic E-state index is 13.0. The number of H-pyrrole nitrogens is 1. The number of hydrogen-bond acceptors (Lipinski definition) is 4. The van der Waals surface area contributed by atoms with Crippen LogP contribution in [0.15, 0.2) is 53.3 Å². The number of aromatic amines is 1. The van der Waals surface area contributed by atoms with Gasteiger partial charge in [-0.1, -0.05) is 35.9 Å². The lowest BCUT2D eigenvalue weighted by Crippen LogP contribution is -2.47. The molecule has 3 aromatic rings. The van der Waals surface area contributed by atoms with Crippen molar-refractivity contribution < 1.29 is 13.2 Å². The summed E-state index contributed by atoms with van der Waals surface area (Å²) in [4.78, 5) is 24.2. The molecule has 0 aliphatic carbocycles. The lowest BCUT2D eigenvalue weighted by atomic mass is 10.0. The molecule has 0 atom stereocenters. The molecule has 1 aliphatic rings. The van der Waals surface area contributed by atoms with E-state index in [2.05, 4.69) is 9.97 Å². The zero-order chi connectivity index (χ0) is 22.9. The summed E-state index contributed by atoms with van der Waals surface area (Å²) >= 11 is 0. The van der Waals surface area contributed by atoms with Crippen LogP contribution in [0.1, 0.15) is 27.9 Å². The Morgan fingerprint density at radius 2 is 1.62 bits per heavy atom. The van der Waals surface area contributed by atoms with Gasteiger partial charge in [0.1, 0.15) is 0 Å². The van der Waals surface area contributed by atoms with Crippen molar-refractivity contribution >= 4 is 11.6 Å². The molecule has 4 rings (SSSR count). The number of anilines is 2. The number of piperazine rings is 1. The first-order valence-electron chi connectivity index (χ1n) is 10.5. The topological polar surface area (TPSA) is 52.2 Å². The monoisotopic (exact) mass is 442 g/mol. The van der Waals surface area contributed by atoms with Crippen LogP contribution in [0.2, 0.25) is 0 Å². The van der Waals surface area contributed by atoms with Crippen LogP contribution in [0.3, 0.4) is 0 Å². The normalized spacial score (nSPS) is 14.7. The fourth-order valence-corrected chi connectivity index (χ4v) is 3.92. The molecule has 5 nitrogen and oxygen atoms in total. The SMILES string of the molecule is Cc1ccc(Cc2c(C)nc(N3CCN(c4cccc(C(F)(F)F)c4)CC3)[nH]c2=O)cc1. The average molecular weight is 442 g/mol. The van der Waals surface area contributed by atoms with E-state index in [1.807, 2.05) is 47.9 Å². The quantitative estimate of drug-likeness (QED) is 0.654. The third-order valence-electron chi connectivity index (χ3n) is 5.83. The number of benzene rings is 2. The summed E-state index contributed by atoms with van der Waals surface area (Å²) in [6.07, 6.45) is -3.85. The van der Waals surface area contributed by atoms with E-state index in [1.165, 1.54) is 12.1 Å². The highest BCUT2D eigenvalue weighted by molar-refractivity contribution is 5.51. The molecule has 1 N–H and O–H groups in total. The molecule has 1 aliphatic heterocycles. The smallest absolute Gasteiger partial charge is 0.368 e. The molecule has 0 amide bonds. The standard InChI is InChI=1S/C24H25F3N4O/c1-16-6-8-18(9-7-16)14-21-17(2)28-23(29-22(21)32)31-12-10-30(11-13-31)20-5-3-4-19(15-20)24(25,26)27/h3-9,15H,10-14H2,1-2H3,(H,28,29,32). The minimum atomic E-state index is -4.36. The Balaban J connectivity index is 1.46. The second-order valence-electron chi connectivity index (χ2n) is 8.14. The number of nitrogens with one attached hydrogen (secondary N) is 1. The van der Waals surface area contributed by atoms with Crippen LogP contribution in [-0.4, -0.2) is 36.1 Å². The molecular weight excluding hydrogens is 417 g/mol. The van der Waals surface area contributed by atoms with Crippen LogP contribution >= 0.6 is 0 Å². The molecule has 0 saturated carbocycles. The summed E-state index contributed by atoms with van der Waals surface area (Å²) in [7, 11) is 0. The van der Waals surface area contributed by atoms with Gasteiger partial charge in [0, 0.05) is 43.9 Å². The second kappa shape index (κ2) is 8.68. The third-order valence-corrected chi connectivity index (χ3v) is 5.83. The third kappa shape index (κ3) is 4.79. The maximum Gasteiger partial charge on any atom is 0.416 e. The Kier molecular flexibility index (Phi) is 5.95. The van der Waals surface area contributed by atoms with Gasteiger partial charge in [0.15, 0.2) is 0 Å². The van der Waals surface area contributed by atoms with Gasteiger partial charge in [-0.15, -0.1) is 0 Å². The van der Waals surface area contributed by atoms with Gasteiger partial charge < -0.3 is 9.80 Å². The Morgan fingerprint density at radius 3 is 2.25 bits per heavy atom. The molecular formula is C24H25F3N4O. The average Bonchev–Trinajstić information content (AvgIpc) is 2.77. The second-order valence-corrected chi connectivity index (χ2v) is 8.14. The number of rotatable bonds is 4. The highest BCUT2D eigenvalue weighted by Gasteiger charge is 2.31. The van der Waals surface area contributed by atoms with Crippen molar-refractivity contribution in [3.05, 3.63) is 86.8 Å². The van der Waals surface area contributed by atoms with Crippen molar-refractivity contribution in [3.63, 3.8) is 0 Å². The lowest BCUT2D eigenvalue weighted by molar-refractivity contribution is -0.137. The number of nitrogens with zero attached hydrogens (tertiary/aromatic N) is 3. The largest absolute Gasteiger partial charge is 0.416 e. The van der Waals surface area contributed by atoms with Crippen LogP contribution in [-0.2, 0) is 12.6 Å². The molecule has 0 spiro atoms. The zero-order valence-electron chi connectivity index (χ0n) is 18.0. The molecule has 1 fully saturated rings. The number of aromatic nitrogens is 2. The van der Waals surface area contributed by atoms with Crippen molar-refractivity contribution in [3.8, 4) is 0 Å². The first-order valence-corrected chi connectivity index (χ1v) is 10.5. The van der Waals surface area contributed by atoms with Gasteiger partial charge in [0.2, 0.25) is 5.95 Å². The minimum Gasteiger partial charge on any atom is -0.368 e. The molecule has 1 aromatic heterocycles. The van der Waals surface area contributed by atoms with Crippen molar-refractivity contribution in [2.45, 2.75) is 26.4 Å². The molecule has 2 aromatic carbocycles. The molecule has 0 unspecified atom stereocenters. The highest BCUT2D eigenvalue weighted by atomic mass is 19.4. The van der Waals surface area contributed by atoms with E-state index in [0.29, 0.717) is 55.5 Å². The first-order chi connectivity index (χ1) is 15.2. The Labute approximate surface area is 184 Å². The van der Waals surface area contributed by atoms with E-state index in [0.717, 1.165) is 17.2 Å². The van der Waals surface area contributed by atoms with Gasteiger partial charge in [-0.3, -0.25) is 9.78 Å². The van der Waals surface area contributed by atoms with E-state index in [9.17, 15) is 18.0 Å². The predicted molar refractivity (Wildman–Crippen MR) is 119 cm³/mol. The van der Waals surface area contributed by atoms with Crippen LogP contribution in [0.4, 0.5) is 24.8 Å². The molecule has 2 heterocycles. The molecule has 0 radical (unpaired) electrons. The van der Waals surface area contributed by atoms with E-state index in [-0.39, 0.29) is 5.56 Å². The Bertz CT molecular complexity index is 1150. The Hall–Kier alpha value is -3.29. The minimum absolute atomic E-state index is 0.159. The number of aryl methyl sites for hydroxylation is 2. The van der Waals surface area contributed by atoms with Crippen LogP contribution in [0, 0.1) is 13.8 Å². The predicted octanol–water partition coefficient (Wildman–Crippen LogP) is 4.32. The van der Waals surface area contributed by atoms with E-state index in [4.69, 9.17) is 0 Å². The molecule has 0 bridgehead atoms. The van der Waals surface area contributed by atoms with Gasteiger partial charge in [0.05, 0.1) is 11.3 Å². The van der Waals surface area contributed by atoms with Crippen LogP contribution in [0.5, 0.6) is 0 Å². The Morgan fingerprint density at radius 1 is 0.969 bits per heavy atom. The molecule has 1 saturated heterocycles. The number of halogens is 3. The highest BCUT2D eigenvalue weighted by Crippen LogP contribution is 2.32. The molecule has 168 valence electrons. The molecule has 8 heteroatoms. The van der Waals surface area contributed by atoms with Gasteiger partial charge in [-0.25, -0.2) is 4.98 Å². The summed E-state index contributed by atoms with van der Waals surface area (Å²) in [5, 5.41) is 0. The number of hydrogen-bond donors (Lipinski definition) is 1. The van der Waals surface area contributed by atoms with E-state index >= 15 is 0 Å². The zero-order valence-corrected chi connectivity index (χ0v) is 18.0. The van der Waals surface area contributed by atoms with Crippen molar-refractivity contribution in [1.82, 2.24) is 9.97 Å². The summed E-state index contributed by atoms with van der Waals surface area (Å²) < 4.78 is 39.0.